The minimum absolute atomic E-state index is 0.139. The van der Waals surface area contributed by atoms with Gasteiger partial charge in [-0.1, -0.05) is 41.9 Å². The molecular weight excluding hydrogens is 326 g/mol. The Hall–Kier alpha value is -2.79. The van der Waals surface area contributed by atoms with Crippen LogP contribution in [-0.4, -0.2) is 20.6 Å². The minimum Gasteiger partial charge on any atom is -0.508 e. The van der Waals surface area contributed by atoms with Gasteiger partial charge in [0, 0.05) is 17.4 Å². The predicted octanol–water partition coefficient (Wildman–Crippen LogP) is 3.47. The van der Waals surface area contributed by atoms with E-state index in [-0.39, 0.29) is 18.1 Å². The molecule has 1 aromatic heterocycles. The lowest BCUT2D eigenvalue weighted by atomic mass is 10.1. The standard InChI is InChI=1S/C18H16ClN3O2/c19-16-7-2-1-5-14(16)12-22-9-8-20-18(22)21-17(24)11-13-4-3-6-15(23)10-13/h1-10,23H,11-12H2,(H,20,21,24). The first kappa shape index (κ1) is 16.1. The number of hydrogen-bond donors (Lipinski definition) is 2. The summed E-state index contributed by atoms with van der Waals surface area (Å²) in [7, 11) is 0. The monoisotopic (exact) mass is 341 g/mol. The van der Waals surface area contributed by atoms with Crippen LogP contribution in [0.3, 0.4) is 0 Å². The van der Waals surface area contributed by atoms with Crippen LogP contribution < -0.4 is 5.32 Å². The van der Waals surface area contributed by atoms with Gasteiger partial charge in [-0.3, -0.25) is 10.1 Å². The second-order valence-electron chi connectivity index (χ2n) is 5.37. The first-order valence-electron chi connectivity index (χ1n) is 7.44. The normalized spacial score (nSPS) is 10.5. The zero-order chi connectivity index (χ0) is 16.9. The van der Waals surface area contributed by atoms with Crippen molar-refractivity contribution in [1.82, 2.24) is 9.55 Å². The van der Waals surface area contributed by atoms with Gasteiger partial charge in [-0.25, -0.2) is 4.98 Å². The Bertz CT molecular complexity index is 861. The Morgan fingerprint density at radius 2 is 2.04 bits per heavy atom. The number of phenolic OH excluding ortho intramolecular Hbond substituents is 1. The lowest BCUT2D eigenvalue weighted by molar-refractivity contribution is -0.115. The van der Waals surface area contributed by atoms with E-state index < -0.39 is 0 Å². The van der Waals surface area contributed by atoms with Crippen molar-refractivity contribution in [3.8, 4) is 5.75 Å². The SMILES string of the molecule is O=C(Cc1cccc(O)c1)Nc1nccn1Cc1ccccc1Cl. The first-order valence-corrected chi connectivity index (χ1v) is 7.82. The predicted molar refractivity (Wildman–Crippen MR) is 93.2 cm³/mol. The third-order valence-electron chi connectivity index (χ3n) is 3.54. The van der Waals surface area contributed by atoms with Crippen molar-refractivity contribution in [1.29, 1.82) is 0 Å². The number of hydrogen-bond acceptors (Lipinski definition) is 3. The number of carbonyl (C=O) groups is 1. The number of halogens is 1. The second kappa shape index (κ2) is 7.19. The summed E-state index contributed by atoms with van der Waals surface area (Å²) in [4.78, 5) is 16.4. The van der Waals surface area contributed by atoms with Gasteiger partial charge in [0.1, 0.15) is 5.75 Å². The van der Waals surface area contributed by atoms with Crippen LogP contribution in [0.15, 0.2) is 60.9 Å². The number of nitrogens with one attached hydrogen (secondary N) is 1. The lowest BCUT2D eigenvalue weighted by Crippen LogP contribution is -2.18. The highest BCUT2D eigenvalue weighted by Crippen LogP contribution is 2.18. The summed E-state index contributed by atoms with van der Waals surface area (Å²) in [6.45, 7) is 0.515. The van der Waals surface area contributed by atoms with Crippen molar-refractivity contribution in [2.24, 2.45) is 0 Å². The average Bonchev–Trinajstić information content (AvgIpc) is 2.96. The van der Waals surface area contributed by atoms with Crippen molar-refractivity contribution in [2.75, 3.05) is 5.32 Å². The van der Waals surface area contributed by atoms with Crippen molar-refractivity contribution in [2.45, 2.75) is 13.0 Å². The molecule has 0 fully saturated rings. The van der Waals surface area contributed by atoms with Crippen LogP contribution in [0.25, 0.3) is 0 Å². The zero-order valence-corrected chi connectivity index (χ0v) is 13.6. The van der Waals surface area contributed by atoms with Crippen LogP contribution in [0.4, 0.5) is 5.95 Å². The number of phenols is 1. The number of aromatic hydroxyl groups is 1. The Morgan fingerprint density at radius 1 is 1.21 bits per heavy atom. The van der Waals surface area contributed by atoms with Gasteiger partial charge in [0.15, 0.2) is 0 Å². The smallest absolute Gasteiger partial charge is 0.231 e. The molecule has 0 aliphatic heterocycles. The highest BCUT2D eigenvalue weighted by Gasteiger charge is 2.10. The molecule has 1 heterocycles. The van der Waals surface area contributed by atoms with Gasteiger partial charge in [0.2, 0.25) is 11.9 Å². The quantitative estimate of drug-likeness (QED) is 0.746. The molecule has 122 valence electrons. The molecule has 24 heavy (non-hydrogen) atoms. The van der Waals surface area contributed by atoms with Crippen molar-refractivity contribution >= 4 is 23.5 Å². The van der Waals surface area contributed by atoms with E-state index in [2.05, 4.69) is 10.3 Å². The van der Waals surface area contributed by atoms with Gasteiger partial charge in [0.25, 0.3) is 0 Å². The van der Waals surface area contributed by atoms with E-state index >= 15 is 0 Å². The van der Waals surface area contributed by atoms with Crippen LogP contribution in [0, 0.1) is 0 Å². The number of anilines is 1. The molecule has 0 unspecified atom stereocenters. The molecule has 3 aromatic rings. The first-order chi connectivity index (χ1) is 11.6. The molecule has 0 aliphatic carbocycles. The van der Waals surface area contributed by atoms with Gasteiger partial charge in [-0.05, 0) is 29.3 Å². The van der Waals surface area contributed by atoms with Gasteiger partial charge < -0.3 is 9.67 Å². The molecule has 5 nitrogen and oxygen atoms in total. The van der Waals surface area contributed by atoms with Crippen LogP contribution in [0.5, 0.6) is 5.75 Å². The molecule has 0 atom stereocenters. The van der Waals surface area contributed by atoms with Gasteiger partial charge in [-0.15, -0.1) is 0 Å². The fourth-order valence-corrected chi connectivity index (χ4v) is 2.59. The lowest BCUT2D eigenvalue weighted by Gasteiger charge is -2.10. The summed E-state index contributed by atoms with van der Waals surface area (Å²) in [6, 6.07) is 14.2. The Morgan fingerprint density at radius 3 is 2.83 bits per heavy atom. The zero-order valence-electron chi connectivity index (χ0n) is 12.8. The van der Waals surface area contributed by atoms with Gasteiger partial charge in [0.05, 0.1) is 13.0 Å². The number of carbonyl (C=O) groups excluding carboxylic acids is 1. The van der Waals surface area contributed by atoms with Crippen molar-refractivity contribution in [3.05, 3.63) is 77.1 Å². The largest absolute Gasteiger partial charge is 0.508 e. The number of aromatic nitrogens is 2. The highest BCUT2D eigenvalue weighted by atomic mass is 35.5. The Labute approximate surface area is 144 Å². The Balaban J connectivity index is 1.69. The molecule has 2 N–H and O–H groups in total. The van der Waals surface area contributed by atoms with E-state index in [1.54, 1.807) is 36.7 Å². The minimum atomic E-state index is -0.202. The maximum atomic E-state index is 12.2. The molecule has 2 aromatic carbocycles. The number of benzene rings is 2. The summed E-state index contributed by atoms with van der Waals surface area (Å²) in [5.74, 6) is 0.396. The maximum absolute atomic E-state index is 12.2. The van der Waals surface area contributed by atoms with E-state index in [1.807, 2.05) is 28.8 Å². The van der Waals surface area contributed by atoms with E-state index in [0.29, 0.717) is 17.5 Å². The fraction of sp³-hybridized carbons (Fsp3) is 0.111. The summed E-state index contributed by atoms with van der Waals surface area (Å²) >= 11 is 6.18. The Kier molecular flexibility index (Phi) is 4.82. The molecule has 0 saturated carbocycles. The molecule has 0 spiro atoms. The molecular formula is C18H16ClN3O2. The second-order valence-corrected chi connectivity index (χ2v) is 5.77. The molecule has 0 saturated heterocycles. The van der Waals surface area contributed by atoms with Crippen molar-refractivity contribution < 1.29 is 9.90 Å². The number of nitrogens with zero attached hydrogens (tertiary/aromatic N) is 2. The summed E-state index contributed by atoms with van der Waals surface area (Å²) in [5.41, 5.74) is 1.68. The topological polar surface area (TPSA) is 67.2 Å². The van der Waals surface area contributed by atoms with Crippen LogP contribution in [-0.2, 0) is 17.8 Å². The third-order valence-corrected chi connectivity index (χ3v) is 3.91. The molecule has 0 bridgehead atoms. The van der Waals surface area contributed by atoms with Crippen LogP contribution >= 0.6 is 11.6 Å². The third kappa shape index (κ3) is 3.94. The van der Waals surface area contributed by atoms with Crippen molar-refractivity contribution in [3.63, 3.8) is 0 Å². The summed E-state index contributed by atoms with van der Waals surface area (Å²) < 4.78 is 1.82. The van der Waals surface area contributed by atoms with E-state index in [4.69, 9.17) is 11.6 Å². The van der Waals surface area contributed by atoms with E-state index in [0.717, 1.165) is 11.1 Å². The number of amides is 1. The molecule has 0 aliphatic rings. The highest BCUT2D eigenvalue weighted by molar-refractivity contribution is 6.31. The van der Waals surface area contributed by atoms with Crippen LogP contribution in [0.2, 0.25) is 5.02 Å². The van der Waals surface area contributed by atoms with Gasteiger partial charge >= 0.3 is 0 Å². The van der Waals surface area contributed by atoms with Gasteiger partial charge in [-0.2, -0.15) is 0 Å². The fourth-order valence-electron chi connectivity index (χ4n) is 2.39. The van der Waals surface area contributed by atoms with E-state index in [1.165, 1.54) is 0 Å². The maximum Gasteiger partial charge on any atom is 0.231 e. The average molecular weight is 342 g/mol. The molecule has 1 amide bonds. The van der Waals surface area contributed by atoms with Crippen LogP contribution in [0.1, 0.15) is 11.1 Å². The summed E-state index contributed by atoms with van der Waals surface area (Å²) in [6.07, 6.45) is 3.57. The number of imidazole rings is 1. The summed E-state index contributed by atoms with van der Waals surface area (Å²) in [5, 5.41) is 12.9. The van der Waals surface area contributed by atoms with E-state index in [9.17, 15) is 9.90 Å². The molecule has 0 radical (unpaired) electrons. The number of rotatable bonds is 5. The molecule has 6 heteroatoms. The molecule has 3 rings (SSSR count).